The molecule has 1 saturated carbocycles. The van der Waals surface area contributed by atoms with Crippen molar-refractivity contribution in [1.82, 2.24) is 10.6 Å². The zero-order valence-corrected chi connectivity index (χ0v) is 22.4. The second-order valence-corrected chi connectivity index (χ2v) is 10.1. The highest BCUT2D eigenvalue weighted by Crippen LogP contribution is 2.53. The van der Waals surface area contributed by atoms with Crippen molar-refractivity contribution < 1.29 is 27.8 Å². The molecular weight excluding hydrogens is 528 g/mol. The zero-order chi connectivity index (χ0) is 24.7. The molecule has 0 aromatic heterocycles. The summed E-state index contributed by atoms with van der Waals surface area (Å²) >= 11 is 0. The van der Waals surface area contributed by atoms with Gasteiger partial charge in [-0.3, -0.25) is 0 Å². The Morgan fingerprint density at radius 1 is 1.08 bits per heavy atom. The van der Waals surface area contributed by atoms with E-state index in [-0.39, 0.29) is 60.8 Å². The molecule has 4 atom stereocenters. The minimum absolute atomic E-state index is 0. The van der Waals surface area contributed by atoms with Gasteiger partial charge in [-0.1, -0.05) is 37.3 Å². The third-order valence-electron chi connectivity index (χ3n) is 8.07. The van der Waals surface area contributed by atoms with E-state index < -0.39 is 11.9 Å². The van der Waals surface area contributed by atoms with Gasteiger partial charge in [-0.15, -0.1) is 38.0 Å². The minimum atomic E-state index is -4.75. The number of aliphatic hydroxyl groups excluding tert-OH is 1. The summed E-state index contributed by atoms with van der Waals surface area (Å²) in [5, 5.41) is 17.7. The lowest BCUT2D eigenvalue weighted by Gasteiger charge is -2.53. The topological polar surface area (TPSA) is 62.8 Å². The maximum Gasteiger partial charge on any atom is 0.573 e. The number of ether oxygens (including phenoxy) is 2. The van der Waals surface area contributed by atoms with Crippen molar-refractivity contribution in [3.05, 3.63) is 59.7 Å². The van der Waals surface area contributed by atoms with Gasteiger partial charge in [-0.05, 0) is 68.2 Å². The van der Waals surface area contributed by atoms with Crippen LogP contribution in [0.5, 0.6) is 11.5 Å². The molecular formula is C27H35Cl2F3N2O3. The van der Waals surface area contributed by atoms with E-state index in [2.05, 4.69) is 34.4 Å². The summed E-state index contributed by atoms with van der Waals surface area (Å²) in [7, 11) is 0. The summed E-state index contributed by atoms with van der Waals surface area (Å²) in [6.07, 6.45) is 0.703. The van der Waals surface area contributed by atoms with Crippen molar-refractivity contribution in [2.24, 2.45) is 5.92 Å². The fraction of sp³-hybridized carbons (Fsp3) is 0.556. The van der Waals surface area contributed by atoms with Crippen molar-refractivity contribution in [3.8, 4) is 11.5 Å². The first-order chi connectivity index (χ1) is 16.8. The highest BCUT2D eigenvalue weighted by atomic mass is 35.5. The normalized spacial score (nSPS) is 28.7. The number of hydrogen-bond donors (Lipinski definition) is 3. The number of hydrogen-bond acceptors (Lipinski definition) is 5. The molecule has 0 spiro atoms. The molecule has 3 aliphatic rings. The van der Waals surface area contributed by atoms with Crippen LogP contribution in [-0.2, 0) is 12.1 Å². The Labute approximate surface area is 228 Å². The molecule has 0 amide bonds. The molecule has 10 heteroatoms. The van der Waals surface area contributed by atoms with E-state index in [0.717, 1.165) is 38.5 Å². The van der Waals surface area contributed by atoms with E-state index in [1.165, 1.54) is 17.7 Å². The highest BCUT2D eigenvalue weighted by Gasteiger charge is 2.60. The SMILES string of the molecule is CC[C@@]1(NCc2cc(OC(F)(F)F)ccc2OC2CC2)CC[C@@H]2N[C@@]1(c1ccccc1)C[C@H]2CO.Cl.Cl. The summed E-state index contributed by atoms with van der Waals surface area (Å²) in [5.41, 5.74) is 1.07. The van der Waals surface area contributed by atoms with E-state index >= 15 is 0 Å². The van der Waals surface area contributed by atoms with Gasteiger partial charge >= 0.3 is 6.36 Å². The fourth-order valence-electron chi connectivity index (χ4n) is 6.16. The smallest absolute Gasteiger partial charge is 0.490 e. The monoisotopic (exact) mass is 562 g/mol. The van der Waals surface area contributed by atoms with Gasteiger partial charge in [0.25, 0.3) is 0 Å². The van der Waals surface area contributed by atoms with E-state index in [0.29, 0.717) is 17.9 Å². The van der Waals surface area contributed by atoms with Crippen LogP contribution < -0.4 is 20.1 Å². The molecule has 2 saturated heterocycles. The molecule has 3 N–H and O–H groups in total. The molecule has 0 unspecified atom stereocenters. The van der Waals surface area contributed by atoms with Gasteiger partial charge in [0.05, 0.1) is 11.6 Å². The summed E-state index contributed by atoms with van der Waals surface area (Å²) < 4.78 is 48.9. The van der Waals surface area contributed by atoms with Crippen molar-refractivity contribution in [2.45, 2.75) is 81.6 Å². The second-order valence-electron chi connectivity index (χ2n) is 10.1. The average Bonchev–Trinajstić information content (AvgIpc) is 3.60. The lowest BCUT2D eigenvalue weighted by Crippen LogP contribution is -2.68. The van der Waals surface area contributed by atoms with Crippen LogP contribution in [0.25, 0.3) is 0 Å². The Hall–Kier alpha value is -1.71. The predicted molar refractivity (Wildman–Crippen MR) is 141 cm³/mol. The Balaban J connectivity index is 0.00000190. The third-order valence-corrected chi connectivity index (χ3v) is 8.07. The van der Waals surface area contributed by atoms with Crippen LogP contribution in [0.3, 0.4) is 0 Å². The predicted octanol–water partition coefficient (Wildman–Crippen LogP) is 5.87. The van der Waals surface area contributed by atoms with Crippen molar-refractivity contribution >= 4 is 24.8 Å². The van der Waals surface area contributed by atoms with Crippen molar-refractivity contribution in [2.75, 3.05) is 6.61 Å². The molecule has 2 aromatic rings. The van der Waals surface area contributed by atoms with Crippen LogP contribution >= 0.6 is 24.8 Å². The van der Waals surface area contributed by atoms with Gasteiger partial charge in [0.15, 0.2) is 0 Å². The van der Waals surface area contributed by atoms with Gasteiger partial charge in [0.1, 0.15) is 11.5 Å². The van der Waals surface area contributed by atoms with Crippen LogP contribution in [0.1, 0.15) is 56.6 Å². The van der Waals surface area contributed by atoms with Gasteiger partial charge in [0, 0.05) is 30.3 Å². The average molecular weight is 563 g/mol. The summed E-state index contributed by atoms with van der Waals surface area (Å²) in [6, 6.07) is 14.9. The van der Waals surface area contributed by atoms with Crippen LogP contribution in [0.4, 0.5) is 13.2 Å². The summed E-state index contributed by atoms with van der Waals surface area (Å²) in [5.74, 6) is 0.502. The first kappa shape index (κ1) is 29.8. The maximum absolute atomic E-state index is 12.9. The number of halogens is 5. The molecule has 2 aromatic carbocycles. The third kappa shape index (κ3) is 5.98. The summed E-state index contributed by atoms with van der Waals surface area (Å²) in [6.45, 7) is 2.62. The van der Waals surface area contributed by atoms with Gasteiger partial charge in [-0.25, -0.2) is 0 Å². The number of fused-ring (bicyclic) bond motifs is 2. The number of alkyl halides is 3. The quantitative estimate of drug-likeness (QED) is 0.357. The molecule has 1 aliphatic carbocycles. The van der Waals surface area contributed by atoms with Crippen LogP contribution in [0, 0.1) is 5.92 Å². The zero-order valence-electron chi connectivity index (χ0n) is 20.7. The van der Waals surface area contributed by atoms with Gasteiger partial charge in [-0.2, -0.15) is 0 Å². The van der Waals surface area contributed by atoms with Crippen LogP contribution in [0.2, 0.25) is 0 Å². The maximum atomic E-state index is 12.9. The molecule has 206 valence electrons. The van der Waals surface area contributed by atoms with Crippen molar-refractivity contribution in [1.29, 1.82) is 0 Å². The molecule has 5 nitrogen and oxygen atoms in total. The Bertz CT molecular complexity index is 1040. The van der Waals surface area contributed by atoms with Crippen LogP contribution in [-0.4, -0.2) is 35.8 Å². The summed E-state index contributed by atoms with van der Waals surface area (Å²) in [4.78, 5) is 0. The lowest BCUT2D eigenvalue weighted by atomic mass is 9.66. The Morgan fingerprint density at radius 3 is 2.43 bits per heavy atom. The first-order valence-electron chi connectivity index (χ1n) is 12.5. The molecule has 3 fully saturated rings. The number of aliphatic hydroxyl groups is 1. The molecule has 2 bridgehead atoms. The van der Waals surface area contributed by atoms with E-state index in [1.54, 1.807) is 6.07 Å². The van der Waals surface area contributed by atoms with Crippen LogP contribution in [0.15, 0.2) is 48.5 Å². The first-order valence-corrected chi connectivity index (χ1v) is 12.5. The van der Waals surface area contributed by atoms with E-state index in [4.69, 9.17) is 4.74 Å². The second kappa shape index (κ2) is 11.6. The molecule has 2 aliphatic heterocycles. The van der Waals surface area contributed by atoms with Crippen molar-refractivity contribution in [3.63, 3.8) is 0 Å². The standard InChI is InChI=1S/C27H33F3N2O3.2ClH/c1-2-25(13-12-23-19(17-33)15-26(25,32-23)20-6-4-3-5-7-20)31-16-18-14-22(35-27(28,29)30)10-11-24(18)34-21-8-9-21;;/h3-7,10-11,14,19,21,23,31-33H,2,8-9,12-13,15-17H2,1H3;2*1H/t19-,23-,25+,26+;;/m0../s1. The fourth-order valence-corrected chi connectivity index (χ4v) is 6.16. The van der Waals surface area contributed by atoms with Gasteiger partial charge in [0.2, 0.25) is 0 Å². The lowest BCUT2D eigenvalue weighted by molar-refractivity contribution is -0.274. The molecule has 2 heterocycles. The largest absolute Gasteiger partial charge is 0.573 e. The Morgan fingerprint density at radius 2 is 1.81 bits per heavy atom. The van der Waals surface area contributed by atoms with E-state index in [9.17, 15) is 18.3 Å². The number of rotatable bonds is 9. The minimum Gasteiger partial charge on any atom is -0.490 e. The molecule has 0 radical (unpaired) electrons. The number of benzene rings is 2. The van der Waals surface area contributed by atoms with Gasteiger partial charge < -0.3 is 25.2 Å². The number of piperidine rings is 1. The molecule has 5 rings (SSSR count). The highest BCUT2D eigenvalue weighted by molar-refractivity contribution is 5.85. The molecule has 37 heavy (non-hydrogen) atoms. The van der Waals surface area contributed by atoms with E-state index in [1.807, 2.05) is 18.2 Å². The Kier molecular flexibility index (Phi) is 9.34. The number of nitrogens with one attached hydrogen (secondary N) is 2.